The SMILES string of the molecule is CC(CO)NC(C)C1CCCCC1. The Balaban J connectivity index is 2.24. The molecule has 1 saturated carbocycles. The molecular weight excluding hydrogens is 162 g/mol. The van der Waals surface area contributed by atoms with Crippen molar-refractivity contribution in [3.05, 3.63) is 0 Å². The van der Waals surface area contributed by atoms with Crippen molar-refractivity contribution in [3.63, 3.8) is 0 Å². The van der Waals surface area contributed by atoms with Crippen LogP contribution in [0.15, 0.2) is 0 Å². The van der Waals surface area contributed by atoms with Gasteiger partial charge in [-0.25, -0.2) is 0 Å². The van der Waals surface area contributed by atoms with Gasteiger partial charge in [0.2, 0.25) is 0 Å². The standard InChI is InChI=1S/C11H23NO/c1-9(8-13)12-10(2)11-6-4-3-5-7-11/h9-13H,3-8H2,1-2H3. The van der Waals surface area contributed by atoms with E-state index in [-0.39, 0.29) is 12.6 Å². The van der Waals surface area contributed by atoms with Gasteiger partial charge in [-0.1, -0.05) is 19.3 Å². The maximum atomic E-state index is 8.92. The molecule has 0 aliphatic heterocycles. The van der Waals surface area contributed by atoms with Gasteiger partial charge in [-0.2, -0.15) is 0 Å². The van der Waals surface area contributed by atoms with Crippen LogP contribution in [0.5, 0.6) is 0 Å². The van der Waals surface area contributed by atoms with E-state index in [9.17, 15) is 0 Å². The third-order valence-corrected chi connectivity index (χ3v) is 3.18. The molecular formula is C11H23NO. The highest BCUT2D eigenvalue weighted by molar-refractivity contribution is 4.77. The molecule has 0 radical (unpaired) electrons. The normalized spacial score (nSPS) is 24.2. The van der Waals surface area contributed by atoms with Gasteiger partial charge in [0, 0.05) is 12.1 Å². The highest BCUT2D eigenvalue weighted by atomic mass is 16.3. The van der Waals surface area contributed by atoms with Crippen LogP contribution in [-0.4, -0.2) is 23.8 Å². The minimum Gasteiger partial charge on any atom is -0.395 e. The van der Waals surface area contributed by atoms with E-state index in [1.165, 1.54) is 32.1 Å². The van der Waals surface area contributed by atoms with Crippen LogP contribution in [0, 0.1) is 5.92 Å². The molecule has 1 rings (SSSR count). The van der Waals surface area contributed by atoms with Crippen LogP contribution in [0.25, 0.3) is 0 Å². The number of nitrogens with one attached hydrogen (secondary N) is 1. The van der Waals surface area contributed by atoms with Gasteiger partial charge in [-0.3, -0.25) is 0 Å². The molecule has 2 nitrogen and oxygen atoms in total. The summed E-state index contributed by atoms with van der Waals surface area (Å²) in [5.74, 6) is 0.836. The summed E-state index contributed by atoms with van der Waals surface area (Å²) in [4.78, 5) is 0. The molecule has 0 aromatic rings. The van der Waals surface area contributed by atoms with Crippen LogP contribution in [0.3, 0.4) is 0 Å². The van der Waals surface area contributed by atoms with Gasteiger partial charge >= 0.3 is 0 Å². The lowest BCUT2D eigenvalue weighted by Crippen LogP contribution is -2.41. The highest BCUT2D eigenvalue weighted by Crippen LogP contribution is 2.26. The quantitative estimate of drug-likeness (QED) is 0.701. The monoisotopic (exact) mass is 185 g/mol. The van der Waals surface area contributed by atoms with Gasteiger partial charge in [0.05, 0.1) is 6.61 Å². The minimum absolute atomic E-state index is 0.247. The molecule has 0 saturated heterocycles. The van der Waals surface area contributed by atoms with Crippen LogP contribution in [0.2, 0.25) is 0 Å². The number of aliphatic hydroxyl groups is 1. The van der Waals surface area contributed by atoms with Crippen molar-refractivity contribution in [1.29, 1.82) is 0 Å². The Labute approximate surface area is 81.7 Å². The lowest BCUT2D eigenvalue weighted by atomic mass is 9.84. The summed E-state index contributed by atoms with van der Waals surface area (Å²) < 4.78 is 0. The van der Waals surface area contributed by atoms with Crippen molar-refractivity contribution in [2.45, 2.75) is 58.0 Å². The third kappa shape index (κ3) is 3.65. The van der Waals surface area contributed by atoms with Crippen molar-refractivity contribution in [2.24, 2.45) is 5.92 Å². The molecule has 78 valence electrons. The summed E-state index contributed by atoms with van der Waals surface area (Å²) >= 11 is 0. The van der Waals surface area contributed by atoms with Gasteiger partial charge in [0.1, 0.15) is 0 Å². The zero-order chi connectivity index (χ0) is 9.68. The number of rotatable bonds is 4. The fraction of sp³-hybridized carbons (Fsp3) is 1.00. The number of aliphatic hydroxyl groups excluding tert-OH is 1. The Kier molecular flexibility index (Phi) is 4.74. The smallest absolute Gasteiger partial charge is 0.0582 e. The molecule has 0 spiro atoms. The first-order valence-corrected chi connectivity index (χ1v) is 5.61. The Morgan fingerprint density at radius 1 is 1.23 bits per heavy atom. The predicted octanol–water partition coefficient (Wildman–Crippen LogP) is 1.93. The maximum absolute atomic E-state index is 8.92. The van der Waals surface area contributed by atoms with Gasteiger partial charge in [0.15, 0.2) is 0 Å². The first-order valence-electron chi connectivity index (χ1n) is 5.61. The second kappa shape index (κ2) is 5.61. The molecule has 0 amide bonds. The third-order valence-electron chi connectivity index (χ3n) is 3.18. The molecule has 2 heteroatoms. The van der Waals surface area contributed by atoms with Crippen molar-refractivity contribution in [2.75, 3.05) is 6.61 Å². The summed E-state index contributed by atoms with van der Waals surface area (Å²) in [5.41, 5.74) is 0. The summed E-state index contributed by atoms with van der Waals surface area (Å²) in [7, 11) is 0. The Morgan fingerprint density at radius 2 is 1.85 bits per heavy atom. The Hall–Kier alpha value is -0.0800. The van der Waals surface area contributed by atoms with E-state index in [0.717, 1.165) is 5.92 Å². The predicted molar refractivity (Wildman–Crippen MR) is 55.7 cm³/mol. The van der Waals surface area contributed by atoms with E-state index < -0.39 is 0 Å². The molecule has 0 aromatic heterocycles. The van der Waals surface area contributed by atoms with E-state index in [2.05, 4.69) is 12.2 Å². The van der Waals surface area contributed by atoms with Crippen LogP contribution >= 0.6 is 0 Å². The maximum Gasteiger partial charge on any atom is 0.0582 e. The van der Waals surface area contributed by atoms with Crippen molar-refractivity contribution in [1.82, 2.24) is 5.32 Å². The molecule has 13 heavy (non-hydrogen) atoms. The molecule has 0 heterocycles. The summed E-state index contributed by atoms with van der Waals surface area (Å²) in [5, 5.41) is 12.4. The van der Waals surface area contributed by atoms with E-state index in [1.54, 1.807) is 0 Å². The highest BCUT2D eigenvalue weighted by Gasteiger charge is 2.20. The molecule has 0 bridgehead atoms. The lowest BCUT2D eigenvalue weighted by molar-refractivity contribution is 0.211. The topological polar surface area (TPSA) is 32.3 Å². The van der Waals surface area contributed by atoms with Gasteiger partial charge in [-0.15, -0.1) is 0 Å². The molecule has 2 unspecified atom stereocenters. The second-order valence-corrected chi connectivity index (χ2v) is 4.44. The van der Waals surface area contributed by atoms with Crippen molar-refractivity contribution >= 4 is 0 Å². The van der Waals surface area contributed by atoms with Crippen LogP contribution in [-0.2, 0) is 0 Å². The Bertz CT molecular complexity index is 132. The molecule has 0 aromatic carbocycles. The van der Waals surface area contributed by atoms with Gasteiger partial charge in [0.25, 0.3) is 0 Å². The fourth-order valence-electron chi connectivity index (χ4n) is 2.27. The van der Waals surface area contributed by atoms with E-state index >= 15 is 0 Å². The first kappa shape index (κ1) is 11.0. The fourth-order valence-corrected chi connectivity index (χ4v) is 2.27. The largest absolute Gasteiger partial charge is 0.395 e. The second-order valence-electron chi connectivity index (χ2n) is 4.44. The van der Waals surface area contributed by atoms with E-state index in [4.69, 9.17) is 5.11 Å². The summed E-state index contributed by atoms with van der Waals surface area (Å²) in [6.07, 6.45) is 6.94. The summed E-state index contributed by atoms with van der Waals surface area (Å²) in [6.45, 7) is 4.54. The molecule has 1 aliphatic carbocycles. The van der Waals surface area contributed by atoms with Crippen LogP contribution in [0.4, 0.5) is 0 Å². The molecule has 1 fully saturated rings. The minimum atomic E-state index is 0.247. The van der Waals surface area contributed by atoms with E-state index in [1.807, 2.05) is 6.92 Å². The van der Waals surface area contributed by atoms with Crippen LogP contribution < -0.4 is 5.32 Å². The van der Waals surface area contributed by atoms with Crippen LogP contribution in [0.1, 0.15) is 46.0 Å². The molecule has 2 N–H and O–H groups in total. The Morgan fingerprint density at radius 3 is 2.38 bits per heavy atom. The lowest BCUT2D eigenvalue weighted by Gasteiger charge is -2.30. The zero-order valence-electron chi connectivity index (χ0n) is 8.92. The van der Waals surface area contributed by atoms with Gasteiger partial charge in [-0.05, 0) is 32.6 Å². The average molecular weight is 185 g/mol. The number of hydrogen-bond donors (Lipinski definition) is 2. The number of hydrogen-bond acceptors (Lipinski definition) is 2. The average Bonchev–Trinajstić information content (AvgIpc) is 2.19. The van der Waals surface area contributed by atoms with Gasteiger partial charge < -0.3 is 10.4 Å². The summed E-state index contributed by atoms with van der Waals surface area (Å²) in [6, 6.07) is 0.819. The zero-order valence-corrected chi connectivity index (χ0v) is 8.92. The van der Waals surface area contributed by atoms with Crippen molar-refractivity contribution in [3.8, 4) is 0 Å². The molecule has 2 atom stereocenters. The van der Waals surface area contributed by atoms with Crippen molar-refractivity contribution < 1.29 is 5.11 Å². The van der Waals surface area contributed by atoms with E-state index in [0.29, 0.717) is 6.04 Å². The molecule has 1 aliphatic rings. The first-order chi connectivity index (χ1) is 6.24.